The Labute approximate surface area is 109 Å². The number of rotatable bonds is 7. The predicted molar refractivity (Wildman–Crippen MR) is 43.4 cm³/mol. The first kappa shape index (κ1) is 19.6. The molecule has 0 aliphatic carbocycles. The van der Waals surface area contributed by atoms with Crippen LogP contribution in [0.5, 0.6) is 0 Å². The number of Topliss-reactive ketones (excluding diaryl/α,β-unsaturated/α-hetero) is 2. The number of carbonyl (C=O) groups excluding carboxylic acids is 2. The highest BCUT2D eigenvalue weighted by molar-refractivity contribution is 6.00. The lowest BCUT2D eigenvalue weighted by atomic mass is 10.2. The molecule has 0 aliphatic heterocycles. The second kappa shape index (κ2) is 5.79. The molecule has 0 saturated heterocycles. The Hall–Kier alpha value is -1.37. The van der Waals surface area contributed by atoms with Crippen LogP contribution in [0.2, 0.25) is 0 Å². The van der Waals surface area contributed by atoms with Gasteiger partial charge in [-0.2, -0.15) is 26.3 Å². The van der Waals surface area contributed by atoms with Crippen LogP contribution in [-0.4, -0.2) is 36.3 Å². The van der Waals surface area contributed by atoms with Crippen LogP contribution in [0.25, 0.3) is 0 Å². The van der Waals surface area contributed by atoms with Gasteiger partial charge in [-0.15, -0.1) is 13.2 Å². The fourth-order valence-electron chi connectivity index (χ4n) is 0.811. The molecule has 0 amide bonds. The number of ether oxygens (including phenoxy) is 2. The maximum atomic E-state index is 12.8. The monoisotopic (exact) mass is 336 g/mol. The zero-order valence-electron chi connectivity index (χ0n) is 9.74. The lowest BCUT2D eigenvalue weighted by Crippen LogP contribution is -2.52. The third-order valence-electron chi connectivity index (χ3n) is 1.57. The highest BCUT2D eigenvalue weighted by Crippen LogP contribution is 2.43. The Bertz CT molecular complexity index is 414. The van der Waals surface area contributed by atoms with Crippen molar-refractivity contribution >= 4 is 11.6 Å². The van der Waals surface area contributed by atoms with E-state index in [-0.39, 0.29) is 0 Å². The summed E-state index contributed by atoms with van der Waals surface area (Å²) >= 11 is 0. The minimum Gasteiger partial charge on any atom is -0.300 e. The molecule has 0 unspecified atom stereocenters. The minimum absolute atomic E-state index is 0.591. The number of alkyl halides is 9. The van der Waals surface area contributed by atoms with Crippen molar-refractivity contribution in [1.29, 1.82) is 0 Å². The molecule has 0 heterocycles. The summed E-state index contributed by atoms with van der Waals surface area (Å²) in [5.74, 6) is -3.89. The molecule has 0 aromatic rings. The normalized spacial score (nSPS) is 14.2. The lowest BCUT2D eigenvalue weighted by Gasteiger charge is -2.28. The molecule has 0 saturated carbocycles. The van der Waals surface area contributed by atoms with E-state index in [0.29, 0.717) is 6.92 Å². The number of hydrogen-bond donors (Lipinski definition) is 0. The van der Waals surface area contributed by atoms with Crippen molar-refractivity contribution in [3.63, 3.8) is 0 Å². The summed E-state index contributed by atoms with van der Waals surface area (Å²) in [4.78, 5) is 21.0. The third kappa shape index (κ3) is 5.87. The fraction of sp³-hybridized carbons (Fsp3) is 0.750. The van der Waals surface area contributed by atoms with Crippen LogP contribution < -0.4 is 0 Å². The van der Waals surface area contributed by atoms with Crippen molar-refractivity contribution in [1.82, 2.24) is 0 Å². The SMILES string of the molecule is CC(=O)CC(=O)C(F)(F)OC(F)(F)C(F)(F)OC(F)(F)F. The van der Waals surface area contributed by atoms with E-state index in [1.54, 1.807) is 4.74 Å². The molecule has 0 spiro atoms. The third-order valence-corrected chi connectivity index (χ3v) is 1.57. The lowest BCUT2D eigenvalue weighted by molar-refractivity contribution is -0.523. The van der Waals surface area contributed by atoms with E-state index < -0.39 is 42.7 Å². The zero-order chi connectivity index (χ0) is 17.3. The molecule has 0 bridgehead atoms. The number of ketones is 2. The van der Waals surface area contributed by atoms with Crippen molar-refractivity contribution in [3.05, 3.63) is 0 Å². The van der Waals surface area contributed by atoms with E-state index >= 15 is 0 Å². The largest absolute Gasteiger partial charge is 0.527 e. The van der Waals surface area contributed by atoms with E-state index in [9.17, 15) is 49.1 Å². The summed E-state index contributed by atoms with van der Waals surface area (Å²) in [7, 11) is 0. The standard InChI is InChI=1S/C8H5F9O4/c1-3(18)2-4(19)5(9,10)20-6(11,12)7(13,14)21-8(15,16)17/h2H2,1H3. The molecular formula is C8H5F9O4. The number of halogens is 9. The van der Waals surface area contributed by atoms with Gasteiger partial charge in [0.15, 0.2) is 0 Å². The molecule has 0 atom stereocenters. The molecule has 0 N–H and O–H groups in total. The molecule has 0 fully saturated rings. The van der Waals surface area contributed by atoms with Crippen LogP contribution in [-0.2, 0) is 19.1 Å². The number of hydrogen-bond acceptors (Lipinski definition) is 4. The highest BCUT2D eigenvalue weighted by atomic mass is 19.4. The zero-order valence-corrected chi connectivity index (χ0v) is 9.74. The van der Waals surface area contributed by atoms with Crippen LogP contribution in [0, 0.1) is 0 Å². The van der Waals surface area contributed by atoms with E-state index in [4.69, 9.17) is 0 Å². The van der Waals surface area contributed by atoms with Crippen molar-refractivity contribution in [3.8, 4) is 0 Å². The van der Waals surface area contributed by atoms with Crippen molar-refractivity contribution in [2.24, 2.45) is 0 Å². The van der Waals surface area contributed by atoms with Gasteiger partial charge in [0.2, 0.25) is 5.78 Å². The molecular weight excluding hydrogens is 331 g/mol. The first-order valence-corrected chi connectivity index (χ1v) is 4.63. The van der Waals surface area contributed by atoms with E-state index in [1.807, 2.05) is 0 Å². The molecule has 4 nitrogen and oxygen atoms in total. The Morgan fingerprint density at radius 3 is 1.52 bits per heavy atom. The molecule has 13 heteroatoms. The maximum absolute atomic E-state index is 12.8. The van der Waals surface area contributed by atoms with Crippen LogP contribution in [0.3, 0.4) is 0 Å². The summed E-state index contributed by atoms with van der Waals surface area (Å²) in [6, 6.07) is 0. The van der Waals surface area contributed by atoms with Gasteiger partial charge in [-0.1, -0.05) is 0 Å². The van der Waals surface area contributed by atoms with Crippen LogP contribution in [0.4, 0.5) is 39.5 Å². The molecule has 0 rings (SSSR count). The van der Waals surface area contributed by atoms with Crippen molar-refractivity contribution in [2.45, 2.75) is 38.0 Å². The molecule has 21 heavy (non-hydrogen) atoms. The molecule has 0 aliphatic rings. The fourth-order valence-corrected chi connectivity index (χ4v) is 0.811. The molecule has 0 radical (unpaired) electrons. The first-order valence-electron chi connectivity index (χ1n) is 4.63. The summed E-state index contributed by atoms with van der Waals surface area (Å²) < 4.78 is 114. The van der Waals surface area contributed by atoms with Gasteiger partial charge in [0.25, 0.3) is 0 Å². The quantitative estimate of drug-likeness (QED) is 0.530. The Kier molecular flexibility index (Phi) is 5.41. The summed E-state index contributed by atoms with van der Waals surface area (Å²) in [5.41, 5.74) is 0. The van der Waals surface area contributed by atoms with Gasteiger partial charge in [0.05, 0.1) is 6.42 Å². The number of carbonyl (C=O) groups is 2. The maximum Gasteiger partial charge on any atom is 0.527 e. The smallest absolute Gasteiger partial charge is 0.300 e. The van der Waals surface area contributed by atoms with Crippen molar-refractivity contribution in [2.75, 3.05) is 0 Å². The van der Waals surface area contributed by atoms with Crippen LogP contribution in [0.1, 0.15) is 13.3 Å². The predicted octanol–water partition coefficient (Wildman–Crippen LogP) is 2.87. The van der Waals surface area contributed by atoms with E-state index in [0.717, 1.165) is 0 Å². The molecule has 0 aromatic heterocycles. The Balaban J connectivity index is 5.17. The topological polar surface area (TPSA) is 52.6 Å². The average molecular weight is 336 g/mol. The summed E-state index contributed by atoms with van der Waals surface area (Å²) in [5, 5.41) is 0. The average Bonchev–Trinajstić information content (AvgIpc) is 2.09. The van der Waals surface area contributed by atoms with Gasteiger partial charge in [-0.3, -0.25) is 9.59 Å². The Morgan fingerprint density at radius 1 is 0.810 bits per heavy atom. The summed E-state index contributed by atoms with van der Waals surface area (Å²) in [6.45, 7) is 0.591. The second-order valence-electron chi connectivity index (χ2n) is 3.50. The van der Waals surface area contributed by atoms with E-state index in [2.05, 4.69) is 4.74 Å². The van der Waals surface area contributed by atoms with Crippen molar-refractivity contribution < 1.29 is 58.6 Å². The Morgan fingerprint density at radius 2 is 1.19 bits per heavy atom. The van der Waals surface area contributed by atoms with Gasteiger partial charge < -0.3 is 0 Å². The van der Waals surface area contributed by atoms with Gasteiger partial charge in [-0.05, 0) is 6.92 Å². The molecule has 124 valence electrons. The van der Waals surface area contributed by atoms with Gasteiger partial charge >= 0.3 is 24.7 Å². The summed E-state index contributed by atoms with van der Waals surface area (Å²) in [6.07, 6.45) is -26.6. The van der Waals surface area contributed by atoms with Crippen LogP contribution >= 0.6 is 0 Å². The van der Waals surface area contributed by atoms with E-state index in [1.165, 1.54) is 0 Å². The van der Waals surface area contributed by atoms with Gasteiger partial charge in [-0.25, -0.2) is 9.47 Å². The van der Waals surface area contributed by atoms with Gasteiger partial charge in [0, 0.05) is 0 Å². The highest BCUT2D eigenvalue weighted by Gasteiger charge is 2.68. The van der Waals surface area contributed by atoms with Gasteiger partial charge in [0.1, 0.15) is 5.78 Å². The minimum atomic E-state index is -6.54. The van der Waals surface area contributed by atoms with Crippen LogP contribution in [0.15, 0.2) is 0 Å². The second-order valence-corrected chi connectivity index (χ2v) is 3.50. The first-order chi connectivity index (χ1) is 9.00. The molecule has 0 aromatic carbocycles.